The topological polar surface area (TPSA) is 74.0 Å². The van der Waals surface area contributed by atoms with E-state index in [0.29, 0.717) is 31.4 Å². The van der Waals surface area contributed by atoms with Gasteiger partial charge in [0.15, 0.2) is 5.69 Å². The van der Waals surface area contributed by atoms with E-state index in [-0.39, 0.29) is 5.91 Å². The number of hydrogen-bond acceptors (Lipinski definition) is 4. The molecule has 1 N–H and O–H groups in total. The summed E-state index contributed by atoms with van der Waals surface area (Å²) in [6.07, 6.45) is 0.832. The lowest BCUT2D eigenvalue weighted by Crippen LogP contribution is -2.17. The molecule has 2 heterocycles. The van der Waals surface area contributed by atoms with Crippen LogP contribution < -0.4 is 5.32 Å². The molecule has 0 saturated carbocycles. The fraction of sp³-hybridized carbons (Fsp3) is 0.261. The highest BCUT2D eigenvalue weighted by molar-refractivity contribution is 6.02. The summed E-state index contributed by atoms with van der Waals surface area (Å²) in [5.74, 6) is 0.235. The van der Waals surface area contributed by atoms with E-state index >= 15 is 0 Å². The van der Waals surface area contributed by atoms with Crippen LogP contribution in [0.25, 0.3) is 16.7 Å². The second-order valence-corrected chi connectivity index (χ2v) is 7.00. The van der Waals surface area contributed by atoms with E-state index in [1.165, 1.54) is 0 Å². The van der Waals surface area contributed by atoms with Gasteiger partial charge in [-0.2, -0.15) is 5.10 Å². The van der Waals surface area contributed by atoms with Gasteiger partial charge in [-0.3, -0.25) is 10.1 Å². The van der Waals surface area contributed by atoms with Crippen LogP contribution in [0.5, 0.6) is 0 Å². The number of imidazole rings is 1. The monoisotopic (exact) mass is 403 g/mol. The van der Waals surface area contributed by atoms with Gasteiger partial charge in [-0.15, -0.1) is 0 Å². The Morgan fingerprint density at radius 2 is 1.87 bits per heavy atom. The molecule has 0 spiro atoms. The van der Waals surface area contributed by atoms with Crippen LogP contribution in [0.3, 0.4) is 0 Å². The molecule has 0 bridgehead atoms. The van der Waals surface area contributed by atoms with Crippen LogP contribution in [0.4, 0.5) is 5.95 Å². The molecular formula is C23H25N5O2. The van der Waals surface area contributed by atoms with Gasteiger partial charge in [0.2, 0.25) is 5.95 Å². The van der Waals surface area contributed by atoms with Crippen LogP contribution in [-0.2, 0) is 11.3 Å². The number of aryl methyl sites for hydroxylation is 2. The van der Waals surface area contributed by atoms with Crippen molar-refractivity contribution < 1.29 is 9.53 Å². The van der Waals surface area contributed by atoms with Crippen LogP contribution in [0.2, 0.25) is 0 Å². The van der Waals surface area contributed by atoms with Crippen LogP contribution in [0, 0.1) is 6.92 Å². The number of carbonyl (C=O) groups excluding carboxylic acids is 1. The lowest BCUT2D eigenvalue weighted by atomic mass is 10.3. The third kappa shape index (κ3) is 4.11. The van der Waals surface area contributed by atoms with Crippen molar-refractivity contribution in [1.29, 1.82) is 0 Å². The quantitative estimate of drug-likeness (QED) is 0.447. The van der Waals surface area contributed by atoms with Crippen LogP contribution in [0.15, 0.2) is 60.7 Å². The summed E-state index contributed by atoms with van der Waals surface area (Å²) < 4.78 is 9.24. The van der Waals surface area contributed by atoms with E-state index in [9.17, 15) is 4.79 Å². The summed E-state index contributed by atoms with van der Waals surface area (Å²) in [6.45, 7) is 5.97. The third-order valence-electron chi connectivity index (χ3n) is 4.88. The van der Waals surface area contributed by atoms with Crippen molar-refractivity contribution in [2.45, 2.75) is 26.8 Å². The summed E-state index contributed by atoms with van der Waals surface area (Å²) in [7, 11) is 0. The number of anilines is 1. The molecule has 4 aromatic rings. The average molecular weight is 403 g/mol. The predicted molar refractivity (Wildman–Crippen MR) is 117 cm³/mol. The number of para-hydroxylation sites is 3. The smallest absolute Gasteiger partial charge is 0.278 e. The lowest BCUT2D eigenvalue weighted by molar-refractivity contribution is 0.102. The second kappa shape index (κ2) is 8.92. The number of nitrogens with one attached hydrogen (secondary N) is 1. The summed E-state index contributed by atoms with van der Waals surface area (Å²) in [4.78, 5) is 17.6. The maximum atomic E-state index is 13.0. The normalized spacial score (nSPS) is 11.1. The molecule has 0 fully saturated rings. The molecule has 4 rings (SSSR count). The Hall–Kier alpha value is -3.45. The van der Waals surface area contributed by atoms with Gasteiger partial charge in [0.25, 0.3) is 5.91 Å². The summed E-state index contributed by atoms with van der Waals surface area (Å²) in [5.41, 5.74) is 3.98. The number of fused-ring (bicyclic) bond motifs is 1. The Labute approximate surface area is 175 Å². The molecule has 2 aromatic heterocycles. The zero-order chi connectivity index (χ0) is 20.9. The van der Waals surface area contributed by atoms with Gasteiger partial charge in [0.1, 0.15) is 0 Å². The average Bonchev–Trinajstić information content (AvgIpc) is 3.32. The number of hydrogen-bond donors (Lipinski definition) is 1. The first-order chi connectivity index (χ1) is 14.7. The zero-order valence-corrected chi connectivity index (χ0v) is 17.2. The molecular weight excluding hydrogens is 378 g/mol. The minimum Gasteiger partial charge on any atom is -0.382 e. The minimum absolute atomic E-state index is 0.283. The summed E-state index contributed by atoms with van der Waals surface area (Å²) >= 11 is 0. The number of aromatic nitrogens is 4. The van der Waals surface area contributed by atoms with Gasteiger partial charge >= 0.3 is 0 Å². The number of rotatable bonds is 8. The van der Waals surface area contributed by atoms with Gasteiger partial charge in [0.05, 0.1) is 16.7 Å². The van der Waals surface area contributed by atoms with E-state index in [4.69, 9.17) is 4.74 Å². The molecule has 2 aromatic carbocycles. The predicted octanol–water partition coefficient (Wildman–Crippen LogP) is 4.21. The standard InChI is InChI=1S/C23H25N5O2/c1-3-30-15-9-14-27-21-13-8-7-12-19(21)24-23(27)25-22(29)20-16-17(2)28(26-20)18-10-5-4-6-11-18/h4-8,10-13,16H,3,9,14-15H2,1-2H3,(H,24,25,29). The molecule has 0 atom stereocenters. The minimum atomic E-state index is -0.283. The zero-order valence-electron chi connectivity index (χ0n) is 17.2. The molecule has 0 unspecified atom stereocenters. The van der Waals surface area contributed by atoms with Crippen molar-refractivity contribution in [3.8, 4) is 5.69 Å². The number of benzene rings is 2. The third-order valence-corrected chi connectivity index (χ3v) is 4.88. The first kappa shape index (κ1) is 19.8. The highest BCUT2D eigenvalue weighted by atomic mass is 16.5. The van der Waals surface area contributed by atoms with E-state index < -0.39 is 0 Å². The fourth-order valence-corrected chi connectivity index (χ4v) is 3.45. The highest BCUT2D eigenvalue weighted by Gasteiger charge is 2.17. The molecule has 0 saturated heterocycles. The summed E-state index contributed by atoms with van der Waals surface area (Å²) in [6, 6.07) is 19.4. The first-order valence-electron chi connectivity index (χ1n) is 10.1. The number of carbonyl (C=O) groups is 1. The van der Waals surface area contributed by atoms with Crippen LogP contribution in [0.1, 0.15) is 29.5 Å². The van der Waals surface area contributed by atoms with E-state index in [0.717, 1.165) is 28.8 Å². The molecule has 0 aliphatic carbocycles. The highest BCUT2D eigenvalue weighted by Crippen LogP contribution is 2.21. The molecule has 154 valence electrons. The Morgan fingerprint density at radius 3 is 2.67 bits per heavy atom. The number of nitrogens with zero attached hydrogens (tertiary/aromatic N) is 4. The molecule has 7 nitrogen and oxygen atoms in total. The molecule has 7 heteroatoms. The Balaban J connectivity index is 1.59. The summed E-state index contributed by atoms with van der Waals surface area (Å²) in [5, 5.41) is 7.44. The van der Waals surface area contributed by atoms with Crippen molar-refractivity contribution >= 4 is 22.9 Å². The fourth-order valence-electron chi connectivity index (χ4n) is 3.45. The van der Waals surface area contributed by atoms with Crippen molar-refractivity contribution in [2.24, 2.45) is 0 Å². The number of ether oxygens (including phenoxy) is 1. The van der Waals surface area contributed by atoms with Crippen molar-refractivity contribution in [3.63, 3.8) is 0 Å². The SMILES string of the molecule is CCOCCCn1c(NC(=O)c2cc(C)n(-c3ccccc3)n2)nc2ccccc21. The molecule has 0 radical (unpaired) electrons. The maximum Gasteiger partial charge on any atom is 0.278 e. The van der Waals surface area contributed by atoms with E-state index in [1.807, 2.05) is 73.0 Å². The van der Waals surface area contributed by atoms with Crippen LogP contribution in [-0.4, -0.2) is 38.5 Å². The van der Waals surface area contributed by atoms with Gasteiger partial charge < -0.3 is 9.30 Å². The Kier molecular flexibility index (Phi) is 5.90. The first-order valence-corrected chi connectivity index (χ1v) is 10.1. The van der Waals surface area contributed by atoms with Gasteiger partial charge in [0, 0.05) is 25.5 Å². The Morgan fingerprint density at radius 1 is 1.10 bits per heavy atom. The van der Waals surface area contributed by atoms with Crippen LogP contribution >= 0.6 is 0 Å². The van der Waals surface area contributed by atoms with Crippen molar-refractivity contribution in [3.05, 3.63) is 72.1 Å². The van der Waals surface area contributed by atoms with Crippen molar-refractivity contribution in [2.75, 3.05) is 18.5 Å². The Bertz CT molecular complexity index is 1150. The van der Waals surface area contributed by atoms with E-state index in [2.05, 4.69) is 15.4 Å². The molecule has 0 aliphatic heterocycles. The van der Waals surface area contributed by atoms with Crippen molar-refractivity contribution in [1.82, 2.24) is 19.3 Å². The number of amides is 1. The van der Waals surface area contributed by atoms with Gasteiger partial charge in [-0.1, -0.05) is 30.3 Å². The van der Waals surface area contributed by atoms with Gasteiger partial charge in [-0.05, 0) is 50.6 Å². The lowest BCUT2D eigenvalue weighted by Gasteiger charge is -2.09. The molecule has 30 heavy (non-hydrogen) atoms. The van der Waals surface area contributed by atoms with E-state index in [1.54, 1.807) is 10.7 Å². The maximum absolute atomic E-state index is 13.0. The second-order valence-electron chi connectivity index (χ2n) is 7.00. The van der Waals surface area contributed by atoms with Gasteiger partial charge in [-0.25, -0.2) is 9.67 Å². The molecule has 0 aliphatic rings. The molecule has 1 amide bonds. The largest absolute Gasteiger partial charge is 0.382 e.